The maximum Gasteiger partial charge on any atom is 0.472 e. The molecule has 0 rings (SSSR count). The van der Waals surface area contributed by atoms with Gasteiger partial charge in [0, 0.05) is 25.7 Å². The number of rotatable bonds is 77. The standard InChI is InChI=1S/C85H148O17P2/c1-5-9-13-17-21-25-29-33-37-38-39-40-44-48-52-56-60-64-68-72-85(90)102-81(76-96-83(88)70-66-62-58-54-50-46-42-35-31-27-23-19-15-11-7-3)78-100-104(93,94)98-74-79(86)73-97-103(91,92)99-77-80(101-84(89)71-67-63-59-55-51-47-43-36-32-28-24-20-16-12-8-4)75-95-82(87)69-65-61-57-53-49-45-41-34-30-26-22-18-14-10-6-2/h21,23,25,27-28,32-35,37,39-42,48,52,60,64,79-81,86H,5-20,22,24,26,29-31,36,38,43-47,49-51,53-59,61-63,65-78H2,1-4H3,(H,91,92)(H,93,94)/b25-21-,27-23-,32-28-,37-33-,40-39-,41-34-,42-35-,52-48-,64-60-/t79-,80+,81+/m0/s1. The SMILES string of the molecule is CCCCC/C=C\C/C=C\C/C=C\C/C=C\C/C=C\CCC(=O)O[C@H](COC(=O)CCCCCCC/C=C\C/C=C\CCCCC)COP(=O)(O)OC[C@@H](O)COP(=O)(O)OC[C@@H](COC(=O)CCCCCCC/C=C\CCCCCCCC)OC(=O)CCCCCCCCC/C=C\CCCCCC. The molecule has 0 spiro atoms. The molecule has 0 aliphatic rings. The van der Waals surface area contributed by atoms with Crippen LogP contribution in [0.1, 0.15) is 349 Å². The Bertz CT molecular complexity index is 2390. The monoisotopic (exact) mass is 1500 g/mol. The Morgan fingerprint density at radius 1 is 0.269 bits per heavy atom. The first-order valence-electron chi connectivity index (χ1n) is 41.1. The first kappa shape index (κ1) is 99.7. The van der Waals surface area contributed by atoms with Gasteiger partial charge in [-0.2, -0.15) is 0 Å². The Labute approximate surface area is 632 Å². The Morgan fingerprint density at radius 2 is 0.490 bits per heavy atom. The molecule has 17 nitrogen and oxygen atoms in total. The second kappa shape index (κ2) is 76.9. The summed E-state index contributed by atoms with van der Waals surface area (Å²) in [6.07, 6.45) is 83.6. The van der Waals surface area contributed by atoms with Gasteiger partial charge in [0.1, 0.15) is 19.3 Å². The fraction of sp³-hybridized carbons (Fsp3) is 0.741. The molecular formula is C85H148O17P2. The van der Waals surface area contributed by atoms with Crippen LogP contribution >= 0.6 is 15.6 Å². The van der Waals surface area contributed by atoms with Gasteiger partial charge in [0.25, 0.3) is 0 Å². The smallest absolute Gasteiger partial charge is 0.462 e. The lowest BCUT2D eigenvalue weighted by molar-refractivity contribution is -0.161. The van der Waals surface area contributed by atoms with Gasteiger partial charge in [0.2, 0.25) is 0 Å². The van der Waals surface area contributed by atoms with Gasteiger partial charge in [-0.25, -0.2) is 9.13 Å². The van der Waals surface area contributed by atoms with E-state index in [2.05, 4.69) is 119 Å². The lowest BCUT2D eigenvalue weighted by Gasteiger charge is -2.21. The zero-order valence-electron chi connectivity index (χ0n) is 65.7. The van der Waals surface area contributed by atoms with Crippen LogP contribution in [0.15, 0.2) is 109 Å². The predicted molar refractivity (Wildman–Crippen MR) is 427 cm³/mol. The van der Waals surface area contributed by atoms with Crippen molar-refractivity contribution in [3.05, 3.63) is 109 Å². The third-order valence-corrected chi connectivity index (χ3v) is 19.1. The Balaban J connectivity index is 5.44. The number of aliphatic hydroxyl groups is 1. The Hall–Kier alpha value is -4.28. The highest BCUT2D eigenvalue weighted by atomic mass is 31.2. The number of allylic oxidation sites excluding steroid dienone is 18. The lowest BCUT2D eigenvalue weighted by atomic mass is 10.1. The van der Waals surface area contributed by atoms with Gasteiger partial charge < -0.3 is 33.8 Å². The fourth-order valence-corrected chi connectivity index (χ4v) is 12.4. The second-order valence-electron chi connectivity index (χ2n) is 27.3. The van der Waals surface area contributed by atoms with Crippen molar-refractivity contribution >= 4 is 39.5 Å². The summed E-state index contributed by atoms with van der Waals surface area (Å²) in [5.41, 5.74) is 0. The molecule has 3 N–H and O–H groups in total. The minimum atomic E-state index is -5.00. The van der Waals surface area contributed by atoms with Crippen LogP contribution in [0.3, 0.4) is 0 Å². The van der Waals surface area contributed by atoms with Gasteiger partial charge in [0.05, 0.1) is 26.4 Å². The van der Waals surface area contributed by atoms with E-state index < -0.39 is 97.5 Å². The lowest BCUT2D eigenvalue weighted by Crippen LogP contribution is -2.30. The summed E-state index contributed by atoms with van der Waals surface area (Å²) < 4.78 is 68.6. The van der Waals surface area contributed by atoms with E-state index in [0.717, 1.165) is 161 Å². The highest BCUT2D eigenvalue weighted by Gasteiger charge is 2.30. The average molecular weight is 1500 g/mol. The van der Waals surface area contributed by atoms with Gasteiger partial charge in [-0.3, -0.25) is 37.3 Å². The summed E-state index contributed by atoms with van der Waals surface area (Å²) in [5.74, 6) is -2.29. The summed E-state index contributed by atoms with van der Waals surface area (Å²) in [5, 5.41) is 10.6. The highest BCUT2D eigenvalue weighted by Crippen LogP contribution is 2.45. The van der Waals surface area contributed by atoms with Crippen LogP contribution in [0.4, 0.5) is 0 Å². The molecule has 0 heterocycles. The molecule has 0 aromatic heterocycles. The van der Waals surface area contributed by atoms with Crippen molar-refractivity contribution in [1.82, 2.24) is 0 Å². The molecule has 0 saturated heterocycles. The normalized spacial score (nSPS) is 14.4. The highest BCUT2D eigenvalue weighted by molar-refractivity contribution is 7.47. The molecule has 0 aromatic carbocycles. The van der Waals surface area contributed by atoms with Crippen molar-refractivity contribution in [2.45, 2.75) is 367 Å². The number of carbonyl (C=O) groups excluding carboxylic acids is 4. The van der Waals surface area contributed by atoms with Crippen molar-refractivity contribution in [3.63, 3.8) is 0 Å². The third-order valence-electron chi connectivity index (χ3n) is 17.2. The van der Waals surface area contributed by atoms with E-state index in [1.54, 1.807) is 0 Å². The average Bonchev–Trinajstić information content (AvgIpc) is 0.943. The molecule has 0 saturated carbocycles. The number of hydrogen-bond acceptors (Lipinski definition) is 15. The minimum Gasteiger partial charge on any atom is -0.462 e. The Morgan fingerprint density at radius 3 is 0.817 bits per heavy atom. The largest absolute Gasteiger partial charge is 0.472 e. The van der Waals surface area contributed by atoms with Crippen molar-refractivity contribution in [3.8, 4) is 0 Å². The second-order valence-corrected chi connectivity index (χ2v) is 30.3. The molecular weight excluding hydrogens is 1350 g/mol. The van der Waals surface area contributed by atoms with E-state index in [0.29, 0.717) is 32.1 Å². The topological polar surface area (TPSA) is 237 Å². The maximum atomic E-state index is 13.1. The van der Waals surface area contributed by atoms with Crippen LogP contribution in [-0.2, 0) is 65.4 Å². The van der Waals surface area contributed by atoms with Crippen LogP contribution in [-0.4, -0.2) is 96.7 Å². The quantitative estimate of drug-likeness (QED) is 0.0169. The number of phosphoric acid groups is 2. The molecule has 0 aromatic rings. The van der Waals surface area contributed by atoms with Gasteiger partial charge in [-0.15, -0.1) is 0 Å². The minimum absolute atomic E-state index is 0.0324. The third kappa shape index (κ3) is 75.9. The van der Waals surface area contributed by atoms with E-state index in [9.17, 15) is 43.2 Å². The van der Waals surface area contributed by atoms with Crippen LogP contribution < -0.4 is 0 Å². The number of hydrogen-bond donors (Lipinski definition) is 3. The fourth-order valence-electron chi connectivity index (χ4n) is 10.9. The number of ether oxygens (including phenoxy) is 4. The van der Waals surface area contributed by atoms with Crippen molar-refractivity contribution in [2.24, 2.45) is 0 Å². The van der Waals surface area contributed by atoms with Crippen molar-refractivity contribution in [1.29, 1.82) is 0 Å². The summed E-state index contributed by atoms with van der Waals surface area (Å²) in [6, 6.07) is 0. The van der Waals surface area contributed by atoms with Gasteiger partial charge >= 0.3 is 39.5 Å². The molecule has 2 unspecified atom stereocenters. The molecule has 0 aliphatic heterocycles. The first-order valence-corrected chi connectivity index (χ1v) is 44.1. The zero-order valence-corrected chi connectivity index (χ0v) is 67.5. The molecule has 600 valence electrons. The summed E-state index contributed by atoms with van der Waals surface area (Å²) >= 11 is 0. The molecule has 5 atom stereocenters. The molecule has 0 aliphatic carbocycles. The van der Waals surface area contributed by atoms with Gasteiger partial charge in [-0.05, 0) is 148 Å². The van der Waals surface area contributed by atoms with Crippen LogP contribution in [0.5, 0.6) is 0 Å². The van der Waals surface area contributed by atoms with Crippen molar-refractivity contribution < 1.29 is 80.2 Å². The maximum absolute atomic E-state index is 13.1. The van der Waals surface area contributed by atoms with E-state index in [1.165, 1.54) is 103 Å². The summed E-state index contributed by atoms with van der Waals surface area (Å²) in [6.45, 7) is 4.73. The number of carbonyl (C=O) groups is 4. The zero-order chi connectivity index (χ0) is 76.0. The molecule has 0 radical (unpaired) electrons. The number of aliphatic hydroxyl groups excluding tert-OH is 1. The van der Waals surface area contributed by atoms with Crippen molar-refractivity contribution in [2.75, 3.05) is 39.6 Å². The van der Waals surface area contributed by atoms with Gasteiger partial charge in [0.15, 0.2) is 12.2 Å². The number of esters is 4. The Kier molecular flexibility index (Phi) is 73.7. The molecule has 0 bridgehead atoms. The van der Waals surface area contributed by atoms with Crippen LogP contribution in [0.2, 0.25) is 0 Å². The predicted octanol–water partition coefficient (Wildman–Crippen LogP) is 24.1. The van der Waals surface area contributed by atoms with Gasteiger partial charge in [-0.1, -0.05) is 285 Å². The number of phosphoric ester groups is 2. The molecule has 0 fully saturated rings. The first-order chi connectivity index (χ1) is 50.7. The van der Waals surface area contributed by atoms with E-state index >= 15 is 0 Å². The molecule has 104 heavy (non-hydrogen) atoms. The van der Waals surface area contributed by atoms with Crippen LogP contribution in [0.25, 0.3) is 0 Å². The van der Waals surface area contributed by atoms with E-state index in [1.807, 2.05) is 18.2 Å². The summed E-state index contributed by atoms with van der Waals surface area (Å²) in [7, 11) is -9.99. The summed E-state index contributed by atoms with van der Waals surface area (Å²) in [4.78, 5) is 73.0. The van der Waals surface area contributed by atoms with E-state index in [4.69, 9.17) is 37.0 Å². The van der Waals surface area contributed by atoms with Crippen LogP contribution in [0, 0.1) is 0 Å². The molecule has 19 heteroatoms. The molecule has 0 amide bonds. The number of unbranched alkanes of at least 4 members (excludes halogenated alkanes) is 33. The van der Waals surface area contributed by atoms with E-state index in [-0.39, 0.29) is 25.7 Å².